The van der Waals surface area contributed by atoms with Gasteiger partial charge in [0.1, 0.15) is 0 Å². The van der Waals surface area contributed by atoms with Crippen LogP contribution in [0.15, 0.2) is 0 Å². The molecule has 2 nitrogen and oxygen atoms in total. The highest BCUT2D eigenvalue weighted by molar-refractivity contribution is 4.76. The Labute approximate surface area is 88.4 Å². The minimum absolute atomic E-state index is 0.715. The largest absolute Gasteiger partial charge is 0.381 e. The zero-order valence-corrected chi connectivity index (χ0v) is 9.72. The van der Waals surface area contributed by atoms with Crippen LogP contribution < -0.4 is 5.32 Å². The molecule has 1 aliphatic rings. The minimum atomic E-state index is 0.715. The number of ether oxygens (including phenoxy) is 1. The van der Waals surface area contributed by atoms with Crippen LogP contribution in [0.25, 0.3) is 0 Å². The molecule has 1 aliphatic heterocycles. The highest BCUT2D eigenvalue weighted by Crippen LogP contribution is 2.11. The smallest absolute Gasteiger partial charge is 0.0480 e. The predicted molar refractivity (Wildman–Crippen MR) is 60.6 cm³/mol. The van der Waals surface area contributed by atoms with Gasteiger partial charge in [-0.2, -0.15) is 0 Å². The topological polar surface area (TPSA) is 21.3 Å². The molecule has 1 fully saturated rings. The quantitative estimate of drug-likeness (QED) is 0.710. The molecule has 0 spiro atoms. The average Bonchev–Trinajstić information content (AvgIpc) is 2.20. The van der Waals surface area contributed by atoms with Crippen molar-refractivity contribution in [2.75, 3.05) is 13.2 Å². The third-order valence-corrected chi connectivity index (χ3v) is 2.97. The Hall–Kier alpha value is -0.0800. The van der Waals surface area contributed by atoms with Crippen LogP contribution in [0, 0.1) is 0 Å². The van der Waals surface area contributed by atoms with Crippen molar-refractivity contribution in [2.24, 2.45) is 0 Å². The summed E-state index contributed by atoms with van der Waals surface area (Å²) in [5.41, 5.74) is 0. The number of hydrogen-bond acceptors (Lipinski definition) is 2. The van der Waals surface area contributed by atoms with Gasteiger partial charge in [0, 0.05) is 25.3 Å². The summed E-state index contributed by atoms with van der Waals surface area (Å²) >= 11 is 0. The van der Waals surface area contributed by atoms with Gasteiger partial charge in [-0.3, -0.25) is 0 Å². The second kappa shape index (κ2) is 7.24. The standard InChI is InChI=1S/C12H25NO/c1-3-5-11(6-4-2)13-12-7-9-14-10-8-12/h11-13H,3-10H2,1-2H3. The first-order valence-corrected chi connectivity index (χ1v) is 6.20. The molecule has 0 radical (unpaired) electrons. The third-order valence-electron chi connectivity index (χ3n) is 2.97. The summed E-state index contributed by atoms with van der Waals surface area (Å²) in [5.74, 6) is 0. The van der Waals surface area contributed by atoms with Gasteiger partial charge in [-0.15, -0.1) is 0 Å². The van der Waals surface area contributed by atoms with Crippen molar-refractivity contribution in [2.45, 2.75) is 64.5 Å². The van der Waals surface area contributed by atoms with Gasteiger partial charge in [-0.1, -0.05) is 26.7 Å². The van der Waals surface area contributed by atoms with E-state index in [1.165, 1.54) is 38.5 Å². The monoisotopic (exact) mass is 199 g/mol. The van der Waals surface area contributed by atoms with E-state index in [-0.39, 0.29) is 0 Å². The Morgan fingerprint density at radius 3 is 2.21 bits per heavy atom. The molecule has 0 aromatic heterocycles. The lowest BCUT2D eigenvalue weighted by molar-refractivity contribution is 0.0741. The zero-order valence-electron chi connectivity index (χ0n) is 9.72. The summed E-state index contributed by atoms with van der Waals surface area (Å²) in [4.78, 5) is 0. The lowest BCUT2D eigenvalue weighted by atomic mass is 10.0. The van der Waals surface area contributed by atoms with Crippen molar-refractivity contribution >= 4 is 0 Å². The Morgan fingerprint density at radius 2 is 1.71 bits per heavy atom. The van der Waals surface area contributed by atoms with Crippen molar-refractivity contribution in [3.8, 4) is 0 Å². The van der Waals surface area contributed by atoms with Gasteiger partial charge in [0.25, 0.3) is 0 Å². The van der Waals surface area contributed by atoms with E-state index in [4.69, 9.17) is 4.74 Å². The summed E-state index contributed by atoms with van der Waals surface area (Å²) in [7, 11) is 0. The molecule has 1 N–H and O–H groups in total. The van der Waals surface area contributed by atoms with Gasteiger partial charge in [-0.25, -0.2) is 0 Å². The maximum atomic E-state index is 5.36. The normalized spacial score (nSPS) is 19.1. The van der Waals surface area contributed by atoms with E-state index in [2.05, 4.69) is 19.2 Å². The van der Waals surface area contributed by atoms with Gasteiger partial charge in [0.2, 0.25) is 0 Å². The predicted octanol–water partition coefficient (Wildman–Crippen LogP) is 2.72. The number of rotatable bonds is 6. The van der Waals surface area contributed by atoms with Crippen LogP contribution in [0.4, 0.5) is 0 Å². The van der Waals surface area contributed by atoms with E-state index in [1.54, 1.807) is 0 Å². The molecule has 84 valence electrons. The maximum Gasteiger partial charge on any atom is 0.0480 e. The van der Waals surface area contributed by atoms with Gasteiger partial charge in [0.05, 0.1) is 0 Å². The first-order chi connectivity index (χ1) is 6.86. The third kappa shape index (κ3) is 4.43. The summed E-state index contributed by atoms with van der Waals surface area (Å²) < 4.78 is 5.36. The maximum absolute atomic E-state index is 5.36. The van der Waals surface area contributed by atoms with Crippen molar-refractivity contribution in [3.05, 3.63) is 0 Å². The molecular weight excluding hydrogens is 174 g/mol. The first kappa shape index (κ1) is 12.0. The summed E-state index contributed by atoms with van der Waals surface area (Å²) in [6, 6.07) is 1.46. The molecule has 1 saturated heterocycles. The lowest BCUT2D eigenvalue weighted by Gasteiger charge is -2.28. The average molecular weight is 199 g/mol. The molecule has 1 rings (SSSR count). The van der Waals surface area contributed by atoms with Crippen LogP contribution in [-0.4, -0.2) is 25.3 Å². The summed E-state index contributed by atoms with van der Waals surface area (Å²) in [6.45, 7) is 6.44. The molecule has 2 heteroatoms. The highest BCUT2D eigenvalue weighted by atomic mass is 16.5. The van der Waals surface area contributed by atoms with Crippen LogP contribution in [-0.2, 0) is 4.74 Å². The van der Waals surface area contributed by atoms with E-state index in [1.807, 2.05) is 0 Å². The van der Waals surface area contributed by atoms with Gasteiger partial charge >= 0.3 is 0 Å². The summed E-state index contributed by atoms with van der Waals surface area (Å²) in [5, 5.41) is 3.78. The molecule has 0 aromatic rings. The Kier molecular flexibility index (Phi) is 6.20. The second-order valence-corrected chi connectivity index (χ2v) is 4.33. The minimum Gasteiger partial charge on any atom is -0.381 e. The molecule has 0 atom stereocenters. The van der Waals surface area contributed by atoms with Crippen LogP contribution in [0.3, 0.4) is 0 Å². The molecule has 0 aromatic carbocycles. The highest BCUT2D eigenvalue weighted by Gasteiger charge is 2.16. The van der Waals surface area contributed by atoms with Crippen LogP contribution in [0.1, 0.15) is 52.4 Å². The van der Waals surface area contributed by atoms with E-state index in [0.717, 1.165) is 19.3 Å². The van der Waals surface area contributed by atoms with E-state index < -0.39 is 0 Å². The fraction of sp³-hybridized carbons (Fsp3) is 1.00. The molecule has 0 bridgehead atoms. The molecule has 0 unspecified atom stereocenters. The van der Waals surface area contributed by atoms with Gasteiger partial charge in [0.15, 0.2) is 0 Å². The molecule has 1 heterocycles. The lowest BCUT2D eigenvalue weighted by Crippen LogP contribution is -2.41. The van der Waals surface area contributed by atoms with E-state index >= 15 is 0 Å². The second-order valence-electron chi connectivity index (χ2n) is 4.33. The summed E-state index contributed by atoms with van der Waals surface area (Å²) in [6.07, 6.45) is 7.63. The fourth-order valence-electron chi connectivity index (χ4n) is 2.21. The zero-order chi connectivity index (χ0) is 10.2. The van der Waals surface area contributed by atoms with Gasteiger partial charge < -0.3 is 10.1 Å². The Morgan fingerprint density at radius 1 is 1.14 bits per heavy atom. The first-order valence-electron chi connectivity index (χ1n) is 6.20. The fourth-order valence-corrected chi connectivity index (χ4v) is 2.21. The van der Waals surface area contributed by atoms with Crippen LogP contribution in [0.2, 0.25) is 0 Å². The molecule has 0 saturated carbocycles. The van der Waals surface area contributed by atoms with Crippen molar-refractivity contribution in [1.29, 1.82) is 0 Å². The number of hydrogen-bond donors (Lipinski definition) is 1. The van der Waals surface area contributed by atoms with Gasteiger partial charge in [-0.05, 0) is 25.7 Å². The molecule has 14 heavy (non-hydrogen) atoms. The SMILES string of the molecule is CCCC(CCC)NC1CCOCC1. The van der Waals surface area contributed by atoms with E-state index in [9.17, 15) is 0 Å². The van der Waals surface area contributed by atoms with Crippen molar-refractivity contribution in [1.82, 2.24) is 5.32 Å². The molecular formula is C12H25NO. The molecule has 0 amide bonds. The Bertz CT molecular complexity index is 126. The van der Waals surface area contributed by atoms with Crippen LogP contribution in [0.5, 0.6) is 0 Å². The molecule has 0 aliphatic carbocycles. The Balaban J connectivity index is 2.21. The number of nitrogens with one attached hydrogen (secondary N) is 1. The van der Waals surface area contributed by atoms with Crippen molar-refractivity contribution < 1.29 is 4.74 Å². The van der Waals surface area contributed by atoms with E-state index in [0.29, 0.717) is 6.04 Å². The van der Waals surface area contributed by atoms with Crippen LogP contribution >= 0.6 is 0 Å². The van der Waals surface area contributed by atoms with Crippen molar-refractivity contribution in [3.63, 3.8) is 0 Å².